The fraction of sp³-hybridized carbons (Fsp3) is 0. The van der Waals surface area contributed by atoms with Crippen molar-refractivity contribution >= 4 is 110 Å². The van der Waals surface area contributed by atoms with Crippen LogP contribution in [0.2, 0.25) is 0 Å². The van der Waals surface area contributed by atoms with E-state index in [9.17, 15) is 0 Å². The van der Waals surface area contributed by atoms with Crippen molar-refractivity contribution in [3.05, 3.63) is 121 Å². The first-order valence-corrected chi connectivity index (χ1v) is 16.0. The van der Waals surface area contributed by atoms with Crippen molar-refractivity contribution in [2.24, 2.45) is 0 Å². The molecule has 0 fully saturated rings. The van der Waals surface area contributed by atoms with Gasteiger partial charge in [0, 0.05) is 16.8 Å². The topological polar surface area (TPSA) is 56.5 Å². The lowest BCUT2D eigenvalue weighted by molar-refractivity contribution is 1.01. The number of fused-ring (bicyclic) bond motifs is 7. The van der Waals surface area contributed by atoms with E-state index in [-0.39, 0.29) is 38.7 Å². The van der Waals surface area contributed by atoms with Gasteiger partial charge in [0.05, 0.1) is 11.0 Å². The number of hydrogen-bond acceptors (Lipinski definition) is 4. The molecule has 7 aromatic carbocycles. The minimum atomic E-state index is 0.107. The number of imidazole rings is 1. The van der Waals surface area contributed by atoms with Gasteiger partial charge < -0.3 is 0 Å². The average molecular weight is 625 g/mol. The summed E-state index contributed by atoms with van der Waals surface area (Å²) in [5, 5.41) is 6.82. The molecular formula is C40H20B5N5. The Morgan fingerprint density at radius 3 is 1.56 bits per heavy atom. The largest absolute Gasteiger partial charge is 0.290 e. The zero-order valence-electron chi connectivity index (χ0n) is 26.7. The molecule has 0 amide bonds. The minimum absolute atomic E-state index is 0.107. The number of rotatable bonds is 4. The van der Waals surface area contributed by atoms with Gasteiger partial charge in [0.1, 0.15) is 39.2 Å². The summed E-state index contributed by atoms with van der Waals surface area (Å²) in [4.78, 5) is 20.0. The van der Waals surface area contributed by atoms with Crippen molar-refractivity contribution in [3.63, 3.8) is 0 Å². The lowest BCUT2D eigenvalue weighted by Gasteiger charge is -2.20. The van der Waals surface area contributed by atoms with Gasteiger partial charge in [0.15, 0.2) is 23.3 Å². The van der Waals surface area contributed by atoms with Gasteiger partial charge in [-0.3, -0.25) is 4.57 Å². The molecule has 50 heavy (non-hydrogen) atoms. The summed E-state index contributed by atoms with van der Waals surface area (Å²) < 4.78 is 2.02. The molecule has 0 unspecified atom stereocenters. The average Bonchev–Trinajstić information content (AvgIpc) is 3.56. The number of hydrogen-bond donors (Lipinski definition) is 0. The van der Waals surface area contributed by atoms with Crippen molar-refractivity contribution in [3.8, 4) is 40.1 Å². The van der Waals surface area contributed by atoms with Crippen LogP contribution >= 0.6 is 0 Å². The van der Waals surface area contributed by atoms with Crippen LogP contribution in [-0.2, 0) is 0 Å². The van der Waals surface area contributed by atoms with Crippen LogP contribution in [0.3, 0.4) is 0 Å². The highest BCUT2D eigenvalue weighted by Gasteiger charge is 2.22. The summed E-state index contributed by atoms with van der Waals surface area (Å²) in [6, 6.07) is 40.9. The van der Waals surface area contributed by atoms with Crippen LogP contribution in [0.5, 0.6) is 0 Å². The summed E-state index contributed by atoms with van der Waals surface area (Å²) in [5.74, 6) is 1.39. The number of benzene rings is 7. The molecule has 0 aliphatic carbocycles. The van der Waals surface area contributed by atoms with Crippen LogP contribution in [0.25, 0.3) is 83.5 Å². The lowest BCUT2D eigenvalue weighted by atomic mass is 9.60. The van der Waals surface area contributed by atoms with E-state index in [1.54, 1.807) is 0 Å². The molecule has 9 rings (SSSR count). The quantitative estimate of drug-likeness (QED) is 0.222. The standard InChI is InChI=1S/C40H20B5N5/c41-32-31(33(42)35(44)36(45)34(32)43)38-47-37(21-18-19-27-25-14-5-4-12-23(25)24-13-6-7-15-26(24)28(27)20-21)48-39(49-38)40-46-29-16-8-9-17-30(29)50(40)22-10-2-1-3-11-22/h1-20H. The van der Waals surface area contributed by atoms with Crippen molar-refractivity contribution in [2.75, 3.05) is 0 Å². The molecule has 2 heterocycles. The third kappa shape index (κ3) is 4.62. The summed E-state index contributed by atoms with van der Waals surface area (Å²) in [5.41, 5.74) is 4.18. The maximum absolute atomic E-state index is 6.57. The molecule has 220 valence electrons. The molecule has 9 aromatic rings. The zero-order chi connectivity index (χ0) is 34.1. The SMILES string of the molecule is [B]c1c([B])c([B])c(-c2nc(-c3ccc4c5ccccc5c5ccccc5c4c3)nc(-c3nc4ccccc4n3-c3ccccc3)n2)c([B])c1[B]. The Labute approximate surface area is 294 Å². The second-order valence-electron chi connectivity index (χ2n) is 12.2. The van der Waals surface area contributed by atoms with Crippen molar-refractivity contribution < 1.29 is 0 Å². The Hall–Kier alpha value is -5.88. The highest BCUT2D eigenvalue weighted by Crippen LogP contribution is 2.37. The molecule has 10 radical (unpaired) electrons. The second kappa shape index (κ2) is 11.6. The zero-order valence-corrected chi connectivity index (χ0v) is 26.7. The summed E-state index contributed by atoms with van der Waals surface area (Å²) in [6.07, 6.45) is 0. The highest BCUT2D eigenvalue weighted by molar-refractivity contribution is 6.68. The number of aromatic nitrogens is 5. The summed E-state index contributed by atoms with van der Waals surface area (Å²) in [6.45, 7) is 0. The molecule has 0 aliphatic rings. The highest BCUT2D eigenvalue weighted by atomic mass is 15.1. The van der Waals surface area contributed by atoms with Crippen LogP contribution in [0.4, 0.5) is 0 Å². The van der Waals surface area contributed by atoms with Gasteiger partial charge in [-0.1, -0.05) is 102 Å². The molecule has 0 atom stereocenters. The van der Waals surface area contributed by atoms with Gasteiger partial charge in [-0.2, -0.15) is 0 Å². The molecule has 2 aromatic heterocycles. The normalized spacial score (nSPS) is 11.6. The Morgan fingerprint density at radius 2 is 0.900 bits per heavy atom. The second-order valence-corrected chi connectivity index (χ2v) is 12.2. The van der Waals surface area contributed by atoms with Gasteiger partial charge >= 0.3 is 0 Å². The van der Waals surface area contributed by atoms with E-state index in [0.29, 0.717) is 17.5 Å². The van der Waals surface area contributed by atoms with E-state index in [0.717, 1.165) is 49.2 Å². The Balaban J connectivity index is 1.37. The lowest BCUT2D eigenvalue weighted by Crippen LogP contribution is -2.55. The van der Waals surface area contributed by atoms with Crippen molar-refractivity contribution in [1.82, 2.24) is 24.5 Å². The van der Waals surface area contributed by atoms with Crippen LogP contribution in [0.15, 0.2) is 121 Å². The number of para-hydroxylation sites is 3. The van der Waals surface area contributed by atoms with E-state index >= 15 is 0 Å². The Kier molecular flexibility index (Phi) is 7.02. The molecule has 0 N–H and O–H groups in total. The Bertz CT molecular complexity index is 2770. The maximum Gasteiger partial charge on any atom is 0.200 e. The summed E-state index contributed by atoms with van der Waals surface area (Å²) in [7, 11) is 32.0. The van der Waals surface area contributed by atoms with Gasteiger partial charge in [0.25, 0.3) is 0 Å². The van der Waals surface area contributed by atoms with E-state index in [2.05, 4.69) is 60.7 Å². The molecule has 0 saturated carbocycles. The molecule has 0 bridgehead atoms. The van der Waals surface area contributed by atoms with Gasteiger partial charge in [-0.25, -0.2) is 19.9 Å². The molecule has 0 spiro atoms. The Morgan fingerprint density at radius 1 is 0.400 bits per heavy atom. The number of nitrogens with zero attached hydrogens (tertiary/aromatic N) is 5. The minimum Gasteiger partial charge on any atom is -0.290 e. The van der Waals surface area contributed by atoms with Crippen LogP contribution in [0.1, 0.15) is 0 Å². The van der Waals surface area contributed by atoms with E-state index in [1.807, 2.05) is 65.2 Å². The van der Waals surface area contributed by atoms with Gasteiger partial charge in [0.2, 0.25) is 0 Å². The van der Waals surface area contributed by atoms with Gasteiger partial charge in [-0.05, 0) is 62.6 Å². The van der Waals surface area contributed by atoms with Crippen LogP contribution < -0.4 is 27.3 Å². The van der Waals surface area contributed by atoms with Gasteiger partial charge in [-0.15, -0.1) is 16.4 Å². The molecule has 0 aliphatic heterocycles. The smallest absolute Gasteiger partial charge is 0.200 e. The van der Waals surface area contributed by atoms with E-state index < -0.39 is 0 Å². The van der Waals surface area contributed by atoms with Crippen LogP contribution in [0, 0.1) is 0 Å². The first-order chi connectivity index (χ1) is 24.4. The monoisotopic (exact) mass is 625 g/mol. The molecule has 0 saturated heterocycles. The molecule has 5 nitrogen and oxygen atoms in total. The first kappa shape index (κ1) is 30.2. The van der Waals surface area contributed by atoms with Crippen molar-refractivity contribution in [2.45, 2.75) is 0 Å². The fourth-order valence-corrected chi connectivity index (χ4v) is 6.87. The maximum atomic E-state index is 6.57. The molecule has 10 heteroatoms. The third-order valence-electron chi connectivity index (χ3n) is 9.34. The fourth-order valence-electron chi connectivity index (χ4n) is 6.87. The predicted octanol–water partition coefficient (Wildman–Crippen LogP) is 3.64. The summed E-state index contributed by atoms with van der Waals surface area (Å²) >= 11 is 0. The first-order valence-electron chi connectivity index (χ1n) is 16.0. The third-order valence-corrected chi connectivity index (χ3v) is 9.34. The van der Waals surface area contributed by atoms with E-state index in [4.69, 9.17) is 59.2 Å². The van der Waals surface area contributed by atoms with Crippen molar-refractivity contribution in [1.29, 1.82) is 0 Å². The molecular weight excluding hydrogens is 605 g/mol. The predicted molar refractivity (Wildman–Crippen MR) is 210 cm³/mol. The van der Waals surface area contributed by atoms with E-state index in [1.165, 1.54) is 5.39 Å². The van der Waals surface area contributed by atoms with Crippen LogP contribution in [-0.4, -0.2) is 63.7 Å².